The molecule has 150 valence electrons. The average molecular weight is 376 g/mol. The maximum absolute atomic E-state index is 13.1. The van der Waals surface area contributed by atoms with E-state index < -0.39 is 0 Å². The summed E-state index contributed by atoms with van der Waals surface area (Å²) in [6, 6.07) is 7.43. The third kappa shape index (κ3) is 5.34. The standard InChI is InChI=1S/C21H34FN5/c1-17(2)27-10-4-5-18(16-27)15-24-21(23-3)26-13-11-25(12-14-26)20-8-6-19(22)7-9-20/h6-9,17-18H,4-5,10-16H2,1-3H3,(H,23,24). The SMILES string of the molecule is CN=C(NCC1CCCN(C(C)C)C1)N1CCN(c2ccc(F)cc2)CC1. The van der Waals surface area contributed by atoms with Gasteiger partial charge in [-0.3, -0.25) is 4.99 Å². The minimum atomic E-state index is -0.180. The molecule has 0 saturated carbocycles. The average Bonchev–Trinajstić information content (AvgIpc) is 2.70. The zero-order chi connectivity index (χ0) is 19.2. The van der Waals surface area contributed by atoms with Gasteiger partial charge in [-0.25, -0.2) is 4.39 Å². The van der Waals surface area contributed by atoms with Crippen molar-refractivity contribution in [2.75, 3.05) is 57.8 Å². The van der Waals surface area contributed by atoms with Crippen LogP contribution in [0.25, 0.3) is 0 Å². The van der Waals surface area contributed by atoms with E-state index in [0.29, 0.717) is 12.0 Å². The van der Waals surface area contributed by atoms with Gasteiger partial charge in [0.1, 0.15) is 5.82 Å². The van der Waals surface area contributed by atoms with Crippen LogP contribution in [0.2, 0.25) is 0 Å². The minimum absolute atomic E-state index is 0.180. The fourth-order valence-electron chi connectivity index (χ4n) is 4.13. The van der Waals surface area contributed by atoms with E-state index in [4.69, 9.17) is 0 Å². The van der Waals surface area contributed by atoms with Crippen LogP contribution in [0, 0.1) is 11.7 Å². The van der Waals surface area contributed by atoms with Crippen molar-refractivity contribution in [3.63, 3.8) is 0 Å². The lowest BCUT2D eigenvalue weighted by atomic mass is 9.97. The maximum atomic E-state index is 13.1. The van der Waals surface area contributed by atoms with Gasteiger partial charge >= 0.3 is 0 Å². The van der Waals surface area contributed by atoms with Crippen LogP contribution in [0.15, 0.2) is 29.3 Å². The first-order valence-corrected chi connectivity index (χ1v) is 10.3. The predicted octanol–water partition coefficient (Wildman–Crippen LogP) is 2.64. The molecule has 2 aliphatic rings. The van der Waals surface area contributed by atoms with E-state index in [1.54, 1.807) is 0 Å². The van der Waals surface area contributed by atoms with E-state index in [1.807, 2.05) is 19.2 Å². The zero-order valence-electron chi connectivity index (χ0n) is 17.0. The molecule has 2 fully saturated rings. The fourth-order valence-corrected chi connectivity index (χ4v) is 4.13. The van der Waals surface area contributed by atoms with Crippen LogP contribution in [0.5, 0.6) is 0 Å². The number of rotatable bonds is 4. The highest BCUT2D eigenvalue weighted by Gasteiger charge is 2.24. The second kappa shape index (κ2) is 9.40. The van der Waals surface area contributed by atoms with E-state index in [2.05, 4.69) is 38.9 Å². The Bertz CT molecular complexity index is 608. The van der Waals surface area contributed by atoms with Crippen LogP contribution < -0.4 is 10.2 Å². The van der Waals surface area contributed by atoms with Gasteiger partial charge in [0.15, 0.2) is 5.96 Å². The molecule has 1 aromatic rings. The van der Waals surface area contributed by atoms with Crippen molar-refractivity contribution >= 4 is 11.6 Å². The Labute approximate surface area is 163 Å². The molecule has 0 amide bonds. The lowest BCUT2D eigenvalue weighted by molar-refractivity contribution is 0.140. The largest absolute Gasteiger partial charge is 0.368 e. The highest BCUT2D eigenvalue weighted by atomic mass is 19.1. The third-order valence-electron chi connectivity index (χ3n) is 5.81. The molecule has 6 heteroatoms. The van der Waals surface area contributed by atoms with Gasteiger partial charge in [0, 0.05) is 58.0 Å². The zero-order valence-corrected chi connectivity index (χ0v) is 17.0. The van der Waals surface area contributed by atoms with Gasteiger partial charge < -0.3 is 20.0 Å². The Morgan fingerprint density at radius 2 is 1.85 bits per heavy atom. The lowest BCUT2D eigenvalue weighted by Crippen LogP contribution is -2.53. The van der Waals surface area contributed by atoms with Gasteiger partial charge in [0.2, 0.25) is 0 Å². The van der Waals surface area contributed by atoms with Gasteiger partial charge in [-0.15, -0.1) is 0 Å². The second-order valence-corrected chi connectivity index (χ2v) is 7.98. The number of anilines is 1. The van der Waals surface area contributed by atoms with E-state index in [1.165, 1.54) is 38.1 Å². The van der Waals surface area contributed by atoms with Crippen molar-refractivity contribution < 1.29 is 4.39 Å². The summed E-state index contributed by atoms with van der Waals surface area (Å²) in [4.78, 5) is 11.7. The topological polar surface area (TPSA) is 34.1 Å². The Morgan fingerprint density at radius 1 is 1.15 bits per heavy atom. The quantitative estimate of drug-likeness (QED) is 0.648. The third-order valence-corrected chi connectivity index (χ3v) is 5.81. The summed E-state index contributed by atoms with van der Waals surface area (Å²) in [7, 11) is 1.87. The number of hydrogen-bond donors (Lipinski definition) is 1. The summed E-state index contributed by atoms with van der Waals surface area (Å²) in [5.41, 5.74) is 1.09. The van der Waals surface area contributed by atoms with Crippen molar-refractivity contribution in [3.8, 4) is 0 Å². The molecule has 1 N–H and O–H groups in total. The van der Waals surface area contributed by atoms with Gasteiger partial charge in [-0.1, -0.05) is 0 Å². The van der Waals surface area contributed by atoms with Gasteiger partial charge in [0.25, 0.3) is 0 Å². The number of guanidine groups is 1. The summed E-state index contributed by atoms with van der Waals surface area (Å²) in [5, 5.41) is 3.61. The van der Waals surface area contributed by atoms with Gasteiger partial charge in [-0.05, 0) is 63.4 Å². The number of halogens is 1. The molecule has 0 radical (unpaired) electrons. The van der Waals surface area contributed by atoms with Crippen LogP contribution in [0.4, 0.5) is 10.1 Å². The number of likely N-dealkylation sites (tertiary alicyclic amines) is 1. The number of benzene rings is 1. The molecule has 27 heavy (non-hydrogen) atoms. The van der Waals surface area contributed by atoms with E-state index >= 15 is 0 Å². The maximum Gasteiger partial charge on any atom is 0.193 e. The minimum Gasteiger partial charge on any atom is -0.368 e. The number of piperidine rings is 1. The summed E-state index contributed by atoms with van der Waals surface area (Å²) in [5.74, 6) is 1.52. The first-order valence-electron chi connectivity index (χ1n) is 10.3. The normalized spacial score (nSPS) is 22.4. The van der Waals surface area contributed by atoms with Gasteiger partial charge in [0.05, 0.1) is 0 Å². The molecule has 1 atom stereocenters. The van der Waals surface area contributed by atoms with Crippen LogP contribution >= 0.6 is 0 Å². The van der Waals surface area contributed by atoms with E-state index in [0.717, 1.165) is 44.4 Å². The number of hydrogen-bond acceptors (Lipinski definition) is 3. The van der Waals surface area contributed by atoms with Crippen molar-refractivity contribution in [2.24, 2.45) is 10.9 Å². The predicted molar refractivity (Wildman–Crippen MR) is 111 cm³/mol. The molecule has 2 saturated heterocycles. The van der Waals surface area contributed by atoms with Crippen molar-refractivity contribution in [1.29, 1.82) is 0 Å². The first-order chi connectivity index (χ1) is 13.1. The molecule has 2 heterocycles. The summed E-state index contributed by atoms with van der Waals surface area (Å²) in [6.07, 6.45) is 2.59. The van der Waals surface area contributed by atoms with Crippen molar-refractivity contribution in [2.45, 2.75) is 32.7 Å². The van der Waals surface area contributed by atoms with E-state index in [-0.39, 0.29) is 5.82 Å². The second-order valence-electron chi connectivity index (χ2n) is 7.98. The Kier molecular flexibility index (Phi) is 6.94. The Morgan fingerprint density at radius 3 is 2.48 bits per heavy atom. The van der Waals surface area contributed by atoms with E-state index in [9.17, 15) is 4.39 Å². The summed E-state index contributed by atoms with van der Waals surface area (Å²) >= 11 is 0. The Balaban J connectivity index is 1.47. The number of piperazine rings is 1. The number of aliphatic imine (C=N–C) groups is 1. The van der Waals surface area contributed by atoms with Crippen molar-refractivity contribution in [1.82, 2.24) is 15.1 Å². The summed E-state index contributed by atoms with van der Waals surface area (Å²) < 4.78 is 13.1. The summed E-state index contributed by atoms with van der Waals surface area (Å²) in [6.45, 7) is 11.7. The molecule has 1 aromatic carbocycles. The van der Waals surface area contributed by atoms with Crippen LogP contribution in [-0.2, 0) is 0 Å². The molecule has 0 bridgehead atoms. The highest BCUT2D eigenvalue weighted by molar-refractivity contribution is 5.80. The molecular formula is C21H34FN5. The van der Waals surface area contributed by atoms with Gasteiger partial charge in [-0.2, -0.15) is 0 Å². The highest BCUT2D eigenvalue weighted by Crippen LogP contribution is 2.19. The monoisotopic (exact) mass is 375 g/mol. The molecule has 0 spiro atoms. The molecular weight excluding hydrogens is 341 g/mol. The van der Waals surface area contributed by atoms with Crippen LogP contribution in [-0.4, -0.2) is 74.7 Å². The van der Waals surface area contributed by atoms with Crippen LogP contribution in [0.3, 0.4) is 0 Å². The Hall–Kier alpha value is -1.82. The molecule has 0 aliphatic carbocycles. The first kappa shape index (κ1) is 19.9. The smallest absolute Gasteiger partial charge is 0.193 e. The lowest BCUT2D eigenvalue weighted by Gasteiger charge is -2.39. The van der Waals surface area contributed by atoms with Crippen molar-refractivity contribution in [3.05, 3.63) is 30.1 Å². The molecule has 2 aliphatic heterocycles. The number of nitrogens with one attached hydrogen (secondary N) is 1. The number of nitrogens with zero attached hydrogens (tertiary/aromatic N) is 4. The molecule has 5 nitrogen and oxygen atoms in total. The molecule has 3 rings (SSSR count). The fraction of sp³-hybridized carbons (Fsp3) is 0.667. The molecule has 1 unspecified atom stereocenters. The van der Waals surface area contributed by atoms with Crippen LogP contribution in [0.1, 0.15) is 26.7 Å². The molecule has 0 aromatic heterocycles.